The van der Waals surface area contributed by atoms with Gasteiger partial charge in [0.1, 0.15) is 5.82 Å². The average Bonchev–Trinajstić information content (AvgIpc) is 3.57. The Balaban J connectivity index is 1.42. The van der Waals surface area contributed by atoms with Gasteiger partial charge >= 0.3 is 0 Å². The van der Waals surface area contributed by atoms with E-state index in [1.807, 2.05) is 42.2 Å². The summed E-state index contributed by atoms with van der Waals surface area (Å²) in [5.41, 5.74) is 2.90. The third kappa shape index (κ3) is 4.32. The van der Waals surface area contributed by atoms with E-state index in [0.29, 0.717) is 28.4 Å². The number of benzene rings is 1. The summed E-state index contributed by atoms with van der Waals surface area (Å²) in [6.07, 6.45) is 9.66. The highest BCUT2D eigenvalue weighted by Crippen LogP contribution is 2.55. The van der Waals surface area contributed by atoms with Crippen LogP contribution in [0.2, 0.25) is 5.02 Å². The fourth-order valence-electron chi connectivity index (χ4n) is 4.66. The monoisotopic (exact) mass is 447 g/mol. The van der Waals surface area contributed by atoms with Gasteiger partial charge in [0, 0.05) is 43.3 Å². The summed E-state index contributed by atoms with van der Waals surface area (Å²) in [5.74, 6) is 1.39. The second kappa shape index (κ2) is 8.51. The molecule has 5 rings (SSSR count). The molecule has 0 radical (unpaired) electrons. The number of hydrogen-bond donors (Lipinski definition) is 1. The Bertz CT molecular complexity index is 1110. The van der Waals surface area contributed by atoms with Crippen LogP contribution in [0.15, 0.2) is 55.0 Å². The van der Waals surface area contributed by atoms with Gasteiger partial charge in [0.25, 0.3) is 5.91 Å². The van der Waals surface area contributed by atoms with Gasteiger partial charge in [0.15, 0.2) is 5.82 Å². The van der Waals surface area contributed by atoms with Gasteiger partial charge in [-0.1, -0.05) is 29.3 Å². The third-order valence-electron chi connectivity index (χ3n) is 6.67. The van der Waals surface area contributed by atoms with E-state index in [1.165, 1.54) is 12.8 Å². The molecule has 6 nitrogen and oxygen atoms in total. The van der Waals surface area contributed by atoms with Crippen molar-refractivity contribution in [2.75, 3.05) is 18.4 Å². The molecule has 1 saturated carbocycles. The molecular weight excluding hydrogens is 422 g/mol. The lowest BCUT2D eigenvalue weighted by Crippen LogP contribution is -2.50. The quantitative estimate of drug-likeness (QED) is 0.596. The first-order chi connectivity index (χ1) is 15.5. The number of aromatic nitrogens is 3. The number of amides is 1. The van der Waals surface area contributed by atoms with Crippen LogP contribution in [-0.4, -0.2) is 44.9 Å². The maximum Gasteiger partial charge on any atom is 0.254 e. The first kappa shape index (κ1) is 20.9. The number of likely N-dealkylation sites (tertiary alicyclic amines) is 1. The first-order valence-corrected chi connectivity index (χ1v) is 11.5. The van der Waals surface area contributed by atoms with Crippen molar-refractivity contribution >= 4 is 23.3 Å². The molecule has 2 fully saturated rings. The number of carbonyl (C=O) groups is 1. The van der Waals surface area contributed by atoms with Crippen LogP contribution in [0.25, 0.3) is 11.4 Å². The fourth-order valence-corrected chi connectivity index (χ4v) is 4.77. The molecule has 2 aliphatic rings. The summed E-state index contributed by atoms with van der Waals surface area (Å²) in [5, 5.41) is 4.02. The van der Waals surface area contributed by atoms with E-state index in [-0.39, 0.29) is 11.9 Å². The van der Waals surface area contributed by atoms with Crippen LogP contribution < -0.4 is 5.32 Å². The number of piperidine rings is 1. The highest BCUT2D eigenvalue weighted by molar-refractivity contribution is 6.30. The lowest BCUT2D eigenvalue weighted by atomic mass is 9.87. The van der Waals surface area contributed by atoms with Crippen LogP contribution in [0.3, 0.4) is 0 Å². The van der Waals surface area contributed by atoms with E-state index < -0.39 is 0 Å². The van der Waals surface area contributed by atoms with Crippen molar-refractivity contribution in [1.82, 2.24) is 19.9 Å². The largest absolute Gasteiger partial charge is 0.368 e. The number of carbonyl (C=O) groups excluding carboxylic acids is 1. The zero-order valence-electron chi connectivity index (χ0n) is 18.1. The molecule has 3 aromatic rings. The number of aryl methyl sites for hydroxylation is 1. The predicted octanol–water partition coefficient (Wildman–Crippen LogP) is 5.00. The number of rotatable bonds is 5. The van der Waals surface area contributed by atoms with E-state index in [2.05, 4.69) is 20.3 Å². The summed E-state index contributed by atoms with van der Waals surface area (Å²) >= 11 is 5.96. The molecule has 2 aromatic heterocycles. The van der Waals surface area contributed by atoms with Gasteiger partial charge in [0.05, 0.1) is 10.6 Å². The first-order valence-electron chi connectivity index (χ1n) is 11.1. The number of anilines is 1. The molecule has 0 bridgehead atoms. The molecule has 3 heterocycles. The summed E-state index contributed by atoms with van der Waals surface area (Å²) in [6, 6.07) is 11.5. The van der Waals surface area contributed by atoms with Crippen molar-refractivity contribution in [3.8, 4) is 11.4 Å². The zero-order chi connectivity index (χ0) is 22.1. The van der Waals surface area contributed by atoms with Crippen LogP contribution in [0.1, 0.15) is 41.6 Å². The normalized spacial score (nSPS) is 19.1. The van der Waals surface area contributed by atoms with Crippen molar-refractivity contribution in [1.29, 1.82) is 0 Å². The number of pyridine rings is 1. The molecule has 1 amide bonds. The molecule has 32 heavy (non-hydrogen) atoms. The van der Waals surface area contributed by atoms with Gasteiger partial charge in [-0.05, 0) is 62.3 Å². The van der Waals surface area contributed by atoms with Gasteiger partial charge in [-0.15, -0.1) is 0 Å². The smallest absolute Gasteiger partial charge is 0.254 e. The average molecular weight is 448 g/mol. The van der Waals surface area contributed by atoms with Crippen LogP contribution in [-0.2, 0) is 0 Å². The van der Waals surface area contributed by atoms with Crippen molar-refractivity contribution < 1.29 is 4.79 Å². The molecule has 1 N–H and O–H groups in total. The second-order valence-corrected chi connectivity index (χ2v) is 9.41. The maximum absolute atomic E-state index is 13.9. The van der Waals surface area contributed by atoms with Gasteiger partial charge < -0.3 is 10.2 Å². The minimum absolute atomic E-state index is 0.0440. The molecule has 7 heteroatoms. The topological polar surface area (TPSA) is 71.0 Å². The minimum atomic E-state index is 0.0440. The van der Waals surface area contributed by atoms with Gasteiger partial charge in [-0.2, -0.15) is 0 Å². The van der Waals surface area contributed by atoms with Gasteiger partial charge in [0.2, 0.25) is 0 Å². The highest BCUT2D eigenvalue weighted by Gasteiger charge is 2.49. The Kier molecular flexibility index (Phi) is 5.55. The van der Waals surface area contributed by atoms with Crippen molar-refractivity contribution in [3.63, 3.8) is 0 Å². The van der Waals surface area contributed by atoms with E-state index in [4.69, 9.17) is 11.6 Å². The Morgan fingerprint density at radius 1 is 1.16 bits per heavy atom. The zero-order valence-corrected chi connectivity index (χ0v) is 18.8. The molecule has 1 saturated heterocycles. The van der Waals surface area contributed by atoms with Crippen LogP contribution in [0.4, 0.5) is 5.82 Å². The Morgan fingerprint density at radius 3 is 2.69 bits per heavy atom. The van der Waals surface area contributed by atoms with Crippen LogP contribution >= 0.6 is 11.6 Å². The highest BCUT2D eigenvalue weighted by atomic mass is 35.5. The van der Waals surface area contributed by atoms with E-state index in [0.717, 1.165) is 36.3 Å². The van der Waals surface area contributed by atoms with E-state index in [1.54, 1.807) is 24.7 Å². The SMILES string of the molecule is Cc1ccc(-c2ncccn2)c(C(=O)N2CCC3(CC3)CC2CNc2ccc(Cl)cn2)c1. The molecule has 1 aliphatic carbocycles. The Morgan fingerprint density at radius 2 is 1.97 bits per heavy atom. The maximum atomic E-state index is 13.9. The molecule has 1 atom stereocenters. The van der Waals surface area contributed by atoms with E-state index >= 15 is 0 Å². The molecule has 1 unspecified atom stereocenters. The van der Waals surface area contributed by atoms with Crippen LogP contribution in [0.5, 0.6) is 0 Å². The number of hydrogen-bond acceptors (Lipinski definition) is 5. The molecule has 1 spiro atoms. The minimum Gasteiger partial charge on any atom is -0.368 e. The lowest BCUT2D eigenvalue weighted by Gasteiger charge is -2.40. The molecular formula is C25H26ClN5O. The number of nitrogens with zero attached hydrogens (tertiary/aromatic N) is 4. The predicted molar refractivity (Wildman–Crippen MR) is 126 cm³/mol. The molecule has 1 aliphatic heterocycles. The summed E-state index contributed by atoms with van der Waals surface area (Å²) < 4.78 is 0. The fraction of sp³-hybridized carbons (Fsp3) is 0.360. The van der Waals surface area contributed by atoms with E-state index in [9.17, 15) is 4.79 Å². The Labute approximate surface area is 193 Å². The van der Waals surface area contributed by atoms with Crippen molar-refractivity contribution in [2.45, 2.75) is 38.6 Å². The van der Waals surface area contributed by atoms with Gasteiger partial charge in [-0.3, -0.25) is 4.79 Å². The second-order valence-electron chi connectivity index (χ2n) is 8.97. The standard InChI is InChI=1S/C25H26ClN5O/c1-17-3-5-20(23-27-10-2-11-28-23)21(13-17)24(32)31-12-9-25(7-8-25)14-19(31)16-30-22-6-4-18(26)15-29-22/h2-6,10-11,13,15,19H,7-9,12,14,16H2,1H3,(H,29,30). The van der Waals surface area contributed by atoms with Crippen molar-refractivity contribution in [2.24, 2.45) is 5.41 Å². The molecule has 164 valence electrons. The summed E-state index contributed by atoms with van der Waals surface area (Å²) in [7, 11) is 0. The lowest BCUT2D eigenvalue weighted by molar-refractivity contribution is 0.0546. The summed E-state index contributed by atoms with van der Waals surface area (Å²) in [6.45, 7) is 3.43. The number of halogens is 1. The van der Waals surface area contributed by atoms with Crippen molar-refractivity contribution in [3.05, 3.63) is 71.1 Å². The van der Waals surface area contributed by atoms with Gasteiger partial charge in [-0.25, -0.2) is 15.0 Å². The Hall–Kier alpha value is -2.99. The molecule has 1 aromatic carbocycles. The summed E-state index contributed by atoms with van der Waals surface area (Å²) in [4.78, 5) is 29.0. The van der Waals surface area contributed by atoms with Crippen LogP contribution in [0, 0.1) is 12.3 Å². The third-order valence-corrected chi connectivity index (χ3v) is 6.89. The number of nitrogens with one attached hydrogen (secondary N) is 1.